The van der Waals surface area contributed by atoms with Crippen LogP contribution in [-0.4, -0.2) is 59.6 Å². The molecule has 9 nitrogen and oxygen atoms in total. The summed E-state index contributed by atoms with van der Waals surface area (Å²) in [5, 5.41) is 4.93. The average molecular weight is 344 g/mol. The lowest BCUT2D eigenvalue weighted by Gasteiger charge is -2.14. The van der Waals surface area contributed by atoms with Crippen molar-refractivity contribution in [2.75, 3.05) is 25.5 Å². The second-order valence-electron chi connectivity index (χ2n) is 5.09. The van der Waals surface area contributed by atoms with Crippen LogP contribution in [0.15, 0.2) is 36.9 Å². The Morgan fingerprint density at radius 3 is 2.48 bits per heavy atom. The van der Waals surface area contributed by atoms with Crippen LogP contribution in [0.25, 0.3) is 0 Å². The molecule has 1 fully saturated rings. The highest BCUT2D eigenvalue weighted by Crippen LogP contribution is 2.14. The first-order valence-electron chi connectivity index (χ1n) is 7.29. The summed E-state index contributed by atoms with van der Waals surface area (Å²) in [6.45, 7) is 2.68. The molecule has 1 aromatic rings. The van der Waals surface area contributed by atoms with E-state index in [9.17, 15) is 24.0 Å². The molecule has 0 saturated carbocycles. The van der Waals surface area contributed by atoms with Gasteiger partial charge in [0.2, 0.25) is 5.91 Å². The normalized spacial score (nSPS) is 13.9. The van der Waals surface area contributed by atoms with Gasteiger partial charge in [0.05, 0.1) is 0 Å². The third-order valence-corrected chi connectivity index (χ3v) is 3.38. The first-order chi connectivity index (χ1) is 11.9. The summed E-state index contributed by atoms with van der Waals surface area (Å²) in [6.07, 6.45) is 1.30. The van der Waals surface area contributed by atoms with Gasteiger partial charge < -0.3 is 10.6 Å². The molecule has 0 aliphatic carbocycles. The second-order valence-corrected chi connectivity index (χ2v) is 5.09. The summed E-state index contributed by atoms with van der Waals surface area (Å²) >= 11 is 0. The molecule has 1 aliphatic rings. The molecule has 0 radical (unpaired) electrons. The largest absolute Gasteiger partial charge is 0.355 e. The molecule has 1 heterocycles. The van der Waals surface area contributed by atoms with Gasteiger partial charge >= 0.3 is 17.8 Å². The molecule has 6 amide bonds. The number of imide groups is 2. The average Bonchev–Trinajstić information content (AvgIpc) is 2.79. The SMILES string of the molecule is C=CCN1C(=O)C(=O)N(CC(=O)Nc2cccc(C(=O)NC)c2)C1=O. The smallest absolute Gasteiger partial charge is 0.335 e. The standard InChI is InChI=1S/C16H16N4O5/c1-3-7-19-14(23)15(24)20(16(19)25)9-12(21)18-11-6-4-5-10(8-11)13(22)17-2/h3-6,8H,1,7,9H2,2H3,(H,17,22)(H,18,21). The Kier molecular flexibility index (Phi) is 5.28. The van der Waals surface area contributed by atoms with Gasteiger partial charge in [-0.2, -0.15) is 0 Å². The van der Waals surface area contributed by atoms with Gasteiger partial charge in [0.15, 0.2) is 0 Å². The molecule has 2 rings (SSSR count). The molecule has 0 aromatic heterocycles. The quantitative estimate of drug-likeness (QED) is 0.427. The number of nitrogens with one attached hydrogen (secondary N) is 2. The van der Waals surface area contributed by atoms with Crippen molar-refractivity contribution in [3.05, 3.63) is 42.5 Å². The van der Waals surface area contributed by atoms with E-state index in [-0.39, 0.29) is 12.5 Å². The van der Waals surface area contributed by atoms with Crippen molar-refractivity contribution in [2.24, 2.45) is 0 Å². The van der Waals surface area contributed by atoms with Gasteiger partial charge in [0, 0.05) is 24.8 Å². The molecule has 1 aromatic carbocycles. The number of carbonyl (C=O) groups is 5. The van der Waals surface area contributed by atoms with Gasteiger partial charge in [-0.05, 0) is 18.2 Å². The molecule has 1 saturated heterocycles. The highest BCUT2D eigenvalue weighted by molar-refractivity contribution is 6.45. The summed E-state index contributed by atoms with van der Waals surface area (Å²) in [5.74, 6) is -3.07. The first kappa shape index (κ1) is 17.9. The molecule has 2 N–H and O–H groups in total. The van der Waals surface area contributed by atoms with E-state index < -0.39 is 30.3 Å². The van der Waals surface area contributed by atoms with Gasteiger partial charge in [0.1, 0.15) is 6.54 Å². The molecular formula is C16H16N4O5. The van der Waals surface area contributed by atoms with Crippen molar-refractivity contribution in [3.63, 3.8) is 0 Å². The van der Waals surface area contributed by atoms with Crippen LogP contribution < -0.4 is 10.6 Å². The van der Waals surface area contributed by atoms with E-state index in [2.05, 4.69) is 17.2 Å². The van der Waals surface area contributed by atoms with Crippen LogP contribution >= 0.6 is 0 Å². The van der Waals surface area contributed by atoms with Gasteiger partial charge in [-0.3, -0.25) is 24.1 Å². The third kappa shape index (κ3) is 3.71. The number of amides is 6. The molecule has 25 heavy (non-hydrogen) atoms. The summed E-state index contributed by atoms with van der Waals surface area (Å²) in [7, 11) is 1.48. The minimum absolute atomic E-state index is 0.115. The maximum Gasteiger partial charge on any atom is 0.335 e. The van der Waals surface area contributed by atoms with Crippen LogP contribution in [0.4, 0.5) is 10.5 Å². The van der Waals surface area contributed by atoms with Gasteiger partial charge in [-0.1, -0.05) is 12.1 Å². The number of anilines is 1. The zero-order chi connectivity index (χ0) is 18.6. The molecule has 0 unspecified atom stereocenters. The number of carbonyl (C=O) groups excluding carboxylic acids is 5. The predicted octanol–water partition coefficient (Wildman–Crippen LogP) is -0.0385. The van der Waals surface area contributed by atoms with Gasteiger partial charge in [0.25, 0.3) is 5.91 Å². The third-order valence-electron chi connectivity index (χ3n) is 3.38. The number of rotatable bonds is 6. The number of benzene rings is 1. The van der Waals surface area contributed by atoms with Crippen molar-refractivity contribution in [2.45, 2.75) is 0 Å². The van der Waals surface area contributed by atoms with E-state index >= 15 is 0 Å². The van der Waals surface area contributed by atoms with Crippen LogP contribution in [-0.2, 0) is 14.4 Å². The van der Waals surface area contributed by atoms with E-state index in [1.807, 2.05) is 0 Å². The fourth-order valence-corrected chi connectivity index (χ4v) is 2.21. The van der Waals surface area contributed by atoms with Crippen molar-refractivity contribution >= 4 is 35.3 Å². The van der Waals surface area contributed by atoms with Gasteiger partial charge in [-0.25, -0.2) is 9.69 Å². The predicted molar refractivity (Wildman–Crippen MR) is 87.5 cm³/mol. The minimum Gasteiger partial charge on any atom is -0.355 e. The molecule has 0 atom stereocenters. The van der Waals surface area contributed by atoms with Crippen LogP contribution in [0.1, 0.15) is 10.4 Å². The van der Waals surface area contributed by atoms with Crippen LogP contribution in [0.2, 0.25) is 0 Å². The maximum absolute atomic E-state index is 12.1. The second kappa shape index (κ2) is 7.39. The summed E-state index contributed by atoms with van der Waals surface area (Å²) in [6, 6.07) is 5.26. The van der Waals surface area contributed by atoms with E-state index in [0.29, 0.717) is 21.1 Å². The molecule has 9 heteroatoms. The Bertz CT molecular complexity index is 774. The van der Waals surface area contributed by atoms with E-state index in [0.717, 1.165) is 0 Å². The number of nitrogens with zero attached hydrogens (tertiary/aromatic N) is 2. The van der Waals surface area contributed by atoms with E-state index in [4.69, 9.17) is 0 Å². The van der Waals surface area contributed by atoms with Crippen LogP contribution in [0.3, 0.4) is 0 Å². The van der Waals surface area contributed by atoms with Gasteiger partial charge in [-0.15, -0.1) is 6.58 Å². The first-order valence-corrected chi connectivity index (χ1v) is 7.29. The lowest BCUT2D eigenvalue weighted by atomic mass is 10.2. The Morgan fingerprint density at radius 1 is 1.16 bits per heavy atom. The summed E-state index contributed by atoms with van der Waals surface area (Å²) in [5.41, 5.74) is 0.653. The molecular weight excluding hydrogens is 328 g/mol. The number of hydrogen-bond donors (Lipinski definition) is 2. The van der Waals surface area contributed by atoms with Crippen molar-refractivity contribution in [1.82, 2.24) is 15.1 Å². The molecule has 0 bridgehead atoms. The lowest BCUT2D eigenvalue weighted by molar-refractivity contribution is -0.143. The monoisotopic (exact) mass is 344 g/mol. The Balaban J connectivity index is 2.07. The highest BCUT2D eigenvalue weighted by Gasteiger charge is 2.44. The minimum atomic E-state index is -1.07. The topological polar surface area (TPSA) is 116 Å². The van der Waals surface area contributed by atoms with Crippen molar-refractivity contribution < 1.29 is 24.0 Å². The van der Waals surface area contributed by atoms with Crippen LogP contribution in [0, 0.1) is 0 Å². The maximum atomic E-state index is 12.1. The van der Waals surface area contributed by atoms with E-state index in [1.165, 1.54) is 19.2 Å². The molecule has 130 valence electrons. The van der Waals surface area contributed by atoms with Crippen molar-refractivity contribution in [3.8, 4) is 0 Å². The molecule has 1 aliphatic heterocycles. The Hall–Kier alpha value is -3.49. The Morgan fingerprint density at radius 2 is 1.84 bits per heavy atom. The highest BCUT2D eigenvalue weighted by atomic mass is 16.2. The van der Waals surface area contributed by atoms with Crippen molar-refractivity contribution in [1.29, 1.82) is 0 Å². The summed E-state index contributed by atoms with van der Waals surface area (Å²) < 4.78 is 0. The lowest BCUT2D eigenvalue weighted by Crippen LogP contribution is -2.39. The number of hydrogen-bond acceptors (Lipinski definition) is 5. The van der Waals surface area contributed by atoms with Crippen LogP contribution in [0.5, 0.6) is 0 Å². The zero-order valence-electron chi connectivity index (χ0n) is 13.4. The fraction of sp³-hybridized carbons (Fsp3) is 0.188. The Labute approximate surface area is 143 Å². The molecule has 0 spiro atoms. The fourth-order valence-electron chi connectivity index (χ4n) is 2.21. The summed E-state index contributed by atoms with van der Waals surface area (Å²) in [4.78, 5) is 60.4. The van der Waals surface area contributed by atoms with E-state index in [1.54, 1.807) is 18.2 Å². The number of urea groups is 1. The zero-order valence-corrected chi connectivity index (χ0v) is 13.4.